The molecule has 54 valence electrons. The van der Waals surface area contributed by atoms with Gasteiger partial charge in [-0.1, -0.05) is 6.07 Å². The Bertz CT molecular complexity index is 225. The van der Waals surface area contributed by atoms with Crippen molar-refractivity contribution in [2.45, 2.75) is 4.90 Å². The van der Waals surface area contributed by atoms with E-state index in [2.05, 4.69) is 0 Å². The molecular weight excluding hydrogens is 146 g/mol. The Balaban J connectivity index is 2.96. The average Bonchev–Trinajstić information content (AvgIpc) is 1.88. The Morgan fingerprint density at radius 1 is 1.50 bits per heavy atom. The summed E-state index contributed by atoms with van der Waals surface area (Å²) in [5.41, 5.74) is 6.12. The molecule has 0 aromatic heterocycles. The van der Waals surface area contributed by atoms with Crippen molar-refractivity contribution in [2.75, 3.05) is 12.0 Å². The van der Waals surface area contributed by atoms with E-state index in [1.165, 1.54) is 0 Å². The normalized spacial score (nSPS) is 13.0. The average molecular weight is 155 g/mol. The van der Waals surface area contributed by atoms with Crippen molar-refractivity contribution in [1.29, 1.82) is 0 Å². The number of benzene rings is 1. The molecule has 0 spiro atoms. The smallest absolute Gasteiger partial charge is 0.154 e. The third kappa shape index (κ3) is 1.65. The standard InChI is InChI=1S/C7H9NOS/c1-10(9)7-4-2-3-6(8)5-7/h2-5H,8H2,1H3. The molecule has 0 aliphatic rings. The summed E-state index contributed by atoms with van der Waals surface area (Å²) in [6.07, 6.45) is 1.63. The van der Waals surface area contributed by atoms with Crippen LogP contribution in [0.5, 0.6) is 0 Å². The van der Waals surface area contributed by atoms with Gasteiger partial charge in [-0.3, -0.25) is 0 Å². The minimum atomic E-state index is -0.919. The van der Waals surface area contributed by atoms with Crippen LogP contribution < -0.4 is 5.73 Å². The zero-order valence-corrected chi connectivity index (χ0v) is 6.52. The zero-order chi connectivity index (χ0) is 7.56. The highest BCUT2D eigenvalue weighted by Gasteiger charge is 2.01. The van der Waals surface area contributed by atoms with E-state index in [0.717, 1.165) is 4.90 Å². The SMILES string of the molecule is C[S+]([O-])c1cccc(N)c1. The summed E-state index contributed by atoms with van der Waals surface area (Å²) in [4.78, 5) is 0.778. The maximum atomic E-state index is 10.9. The highest BCUT2D eigenvalue weighted by atomic mass is 32.2. The molecule has 0 aliphatic heterocycles. The number of nitrogen functional groups attached to an aromatic ring is 1. The van der Waals surface area contributed by atoms with Crippen LogP contribution in [0.4, 0.5) is 5.69 Å². The summed E-state index contributed by atoms with van der Waals surface area (Å²) in [7, 11) is 0. The third-order valence-corrected chi connectivity index (χ3v) is 2.11. The van der Waals surface area contributed by atoms with Crippen molar-refractivity contribution in [3.63, 3.8) is 0 Å². The molecule has 1 aromatic carbocycles. The van der Waals surface area contributed by atoms with Crippen LogP contribution in [-0.4, -0.2) is 10.8 Å². The molecule has 1 unspecified atom stereocenters. The van der Waals surface area contributed by atoms with Crippen LogP contribution in [0.2, 0.25) is 0 Å². The summed E-state index contributed by atoms with van der Waals surface area (Å²) in [6, 6.07) is 7.09. The van der Waals surface area contributed by atoms with Crippen LogP contribution in [0.25, 0.3) is 0 Å². The van der Waals surface area contributed by atoms with Crippen LogP contribution in [0.15, 0.2) is 29.2 Å². The Morgan fingerprint density at radius 2 is 2.20 bits per heavy atom. The van der Waals surface area contributed by atoms with Gasteiger partial charge < -0.3 is 10.3 Å². The zero-order valence-electron chi connectivity index (χ0n) is 5.70. The van der Waals surface area contributed by atoms with Gasteiger partial charge in [0.15, 0.2) is 4.90 Å². The van der Waals surface area contributed by atoms with Crippen molar-refractivity contribution in [1.82, 2.24) is 0 Å². The number of rotatable bonds is 1. The molecule has 3 heteroatoms. The maximum Gasteiger partial charge on any atom is 0.154 e. The molecule has 0 radical (unpaired) electrons. The molecule has 2 nitrogen and oxygen atoms in total. The third-order valence-electron chi connectivity index (χ3n) is 1.19. The summed E-state index contributed by atoms with van der Waals surface area (Å²) >= 11 is -0.919. The van der Waals surface area contributed by atoms with Gasteiger partial charge in [-0.2, -0.15) is 0 Å². The summed E-state index contributed by atoms with van der Waals surface area (Å²) in [6.45, 7) is 0. The molecule has 10 heavy (non-hydrogen) atoms. The first-order valence-electron chi connectivity index (χ1n) is 2.89. The van der Waals surface area contributed by atoms with Crippen LogP contribution in [0.3, 0.4) is 0 Å². The van der Waals surface area contributed by atoms with Crippen LogP contribution in [0, 0.1) is 0 Å². The molecule has 0 fully saturated rings. The molecule has 0 aliphatic carbocycles. The second-order valence-electron chi connectivity index (χ2n) is 2.03. The van der Waals surface area contributed by atoms with Crippen molar-refractivity contribution in [3.05, 3.63) is 24.3 Å². The number of nitrogens with two attached hydrogens (primary N) is 1. The predicted octanol–water partition coefficient (Wildman–Crippen LogP) is 1.01. The largest absolute Gasteiger partial charge is 0.612 e. The van der Waals surface area contributed by atoms with Gasteiger partial charge in [-0.05, 0) is 23.3 Å². The molecule has 1 rings (SSSR count). The van der Waals surface area contributed by atoms with Crippen LogP contribution in [0.1, 0.15) is 0 Å². The molecule has 0 saturated heterocycles. The van der Waals surface area contributed by atoms with Gasteiger partial charge in [0.2, 0.25) is 0 Å². The predicted molar refractivity (Wildman–Crippen MR) is 43.2 cm³/mol. The minimum Gasteiger partial charge on any atom is -0.612 e. The van der Waals surface area contributed by atoms with Crippen molar-refractivity contribution >= 4 is 16.9 Å². The molecular formula is C7H9NOS. The van der Waals surface area contributed by atoms with Crippen molar-refractivity contribution in [3.8, 4) is 0 Å². The molecule has 1 atom stereocenters. The Hall–Kier alpha value is -0.670. The van der Waals surface area contributed by atoms with E-state index < -0.39 is 11.2 Å². The topological polar surface area (TPSA) is 49.1 Å². The van der Waals surface area contributed by atoms with Crippen molar-refractivity contribution in [2.24, 2.45) is 0 Å². The van der Waals surface area contributed by atoms with E-state index in [0.29, 0.717) is 5.69 Å². The van der Waals surface area contributed by atoms with Gasteiger partial charge in [-0.15, -0.1) is 0 Å². The number of hydrogen-bond donors (Lipinski definition) is 1. The highest BCUT2D eigenvalue weighted by Crippen LogP contribution is 2.11. The summed E-state index contributed by atoms with van der Waals surface area (Å²) in [5.74, 6) is 0. The number of anilines is 1. The fourth-order valence-corrected chi connectivity index (χ4v) is 1.27. The maximum absolute atomic E-state index is 10.9. The van der Waals surface area contributed by atoms with E-state index in [1.54, 1.807) is 30.5 Å². The Kier molecular flexibility index (Phi) is 2.19. The quantitative estimate of drug-likeness (QED) is 0.486. The fourth-order valence-electron chi connectivity index (χ4n) is 0.693. The van der Waals surface area contributed by atoms with Gasteiger partial charge in [0.25, 0.3) is 0 Å². The lowest BCUT2D eigenvalue weighted by atomic mass is 10.3. The van der Waals surface area contributed by atoms with Gasteiger partial charge >= 0.3 is 0 Å². The molecule has 0 bridgehead atoms. The van der Waals surface area contributed by atoms with Gasteiger partial charge in [0.1, 0.15) is 6.26 Å². The summed E-state index contributed by atoms with van der Waals surface area (Å²) in [5, 5.41) is 0. The highest BCUT2D eigenvalue weighted by molar-refractivity contribution is 7.90. The van der Waals surface area contributed by atoms with E-state index in [4.69, 9.17) is 5.73 Å². The first kappa shape index (κ1) is 7.44. The molecule has 0 heterocycles. The second kappa shape index (κ2) is 2.94. The van der Waals surface area contributed by atoms with E-state index >= 15 is 0 Å². The molecule has 1 aromatic rings. The van der Waals surface area contributed by atoms with Gasteiger partial charge in [0, 0.05) is 11.8 Å². The van der Waals surface area contributed by atoms with Crippen LogP contribution >= 0.6 is 0 Å². The van der Waals surface area contributed by atoms with E-state index in [9.17, 15) is 4.55 Å². The Morgan fingerprint density at radius 3 is 2.60 bits per heavy atom. The lowest BCUT2D eigenvalue weighted by Crippen LogP contribution is -1.97. The molecule has 0 saturated carbocycles. The van der Waals surface area contributed by atoms with Crippen LogP contribution in [-0.2, 0) is 11.2 Å². The summed E-state index contributed by atoms with van der Waals surface area (Å²) < 4.78 is 10.9. The monoisotopic (exact) mass is 155 g/mol. The first-order chi connectivity index (χ1) is 4.70. The molecule has 2 N–H and O–H groups in total. The lowest BCUT2D eigenvalue weighted by Gasteiger charge is -2.03. The van der Waals surface area contributed by atoms with Gasteiger partial charge in [-0.25, -0.2) is 0 Å². The Labute approximate surface area is 63.2 Å². The fraction of sp³-hybridized carbons (Fsp3) is 0.143. The van der Waals surface area contributed by atoms with Crippen molar-refractivity contribution < 1.29 is 4.55 Å². The van der Waals surface area contributed by atoms with Gasteiger partial charge in [0.05, 0.1) is 0 Å². The van der Waals surface area contributed by atoms with E-state index in [1.807, 2.05) is 0 Å². The molecule has 0 amide bonds. The minimum absolute atomic E-state index is 0.660. The number of hydrogen-bond acceptors (Lipinski definition) is 2. The second-order valence-corrected chi connectivity index (χ2v) is 3.41. The van der Waals surface area contributed by atoms with E-state index in [-0.39, 0.29) is 0 Å². The first-order valence-corrected chi connectivity index (χ1v) is 4.45. The lowest BCUT2D eigenvalue weighted by molar-refractivity contribution is 0.601.